The zero-order valence-corrected chi connectivity index (χ0v) is 21.0. The van der Waals surface area contributed by atoms with Gasteiger partial charge in [-0.1, -0.05) is 78.1 Å². The summed E-state index contributed by atoms with van der Waals surface area (Å²) in [7, 11) is -4.48. The zero-order chi connectivity index (χ0) is 21.3. The summed E-state index contributed by atoms with van der Waals surface area (Å²) in [6, 6.07) is 0. The fraction of sp³-hybridized carbons (Fsp3) is 0.800. The summed E-state index contributed by atoms with van der Waals surface area (Å²) < 4.78 is 40.3. The first-order valence-electron chi connectivity index (χ1n) is 10.3. The Morgan fingerprint density at radius 3 is 1.76 bits per heavy atom. The van der Waals surface area contributed by atoms with Crippen molar-refractivity contribution in [2.45, 2.75) is 96.3 Å². The molecule has 0 amide bonds. The van der Waals surface area contributed by atoms with Gasteiger partial charge in [-0.3, -0.25) is 4.55 Å². The summed E-state index contributed by atoms with van der Waals surface area (Å²) >= 11 is 0. The molecule has 0 aliphatic carbocycles. The minimum atomic E-state index is -4.48. The summed E-state index contributed by atoms with van der Waals surface area (Å²) in [5, 5.41) is 0. The van der Waals surface area contributed by atoms with Crippen LogP contribution in [0.5, 0.6) is 0 Å². The number of rotatable bonds is 17. The summed E-state index contributed by atoms with van der Waals surface area (Å²) in [4.78, 5) is 22.9. The van der Waals surface area contributed by atoms with E-state index in [1.807, 2.05) is 0 Å². The van der Waals surface area contributed by atoms with Crippen molar-refractivity contribution in [3.8, 4) is 0 Å². The van der Waals surface area contributed by atoms with Crippen molar-refractivity contribution in [2.24, 2.45) is 0 Å². The van der Waals surface area contributed by atoms with E-state index in [4.69, 9.17) is 9.29 Å². The molecule has 0 heterocycles. The third-order valence-corrected chi connectivity index (χ3v) is 5.35. The normalized spacial score (nSPS) is 12.4. The quantitative estimate of drug-likeness (QED) is 0.120. The number of carbonyl (C=O) groups excluding carboxylic acids is 2. The van der Waals surface area contributed by atoms with E-state index in [0.29, 0.717) is 0 Å². The standard InChI is InChI=1S/C20H36O7S.Na.H/c1-3-5-6-7-8-9-10-11-12-13-14-17-26-18(21)15-16-19(22)27-20(4-2)28(23,24)25;;/h15-16,20H,3-14,17H2,1-2H3,(H,23,24,25);;/q;+1;-1/b16-15-;;. The van der Waals surface area contributed by atoms with Crippen molar-refractivity contribution in [2.75, 3.05) is 6.61 Å². The van der Waals surface area contributed by atoms with E-state index in [1.165, 1.54) is 58.3 Å². The number of carbonyl (C=O) groups is 2. The molecule has 0 rings (SSSR count). The van der Waals surface area contributed by atoms with E-state index in [9.17, 15) is 18.0 Å². The molecule has 0 aromatic rings. The Kier molecular flexibility index (Phi) is 20.7. The van der Waals surface area contributed by atoms with Gasteiger partial charge in [-0.05, 0) is 12.8 Å². The van der Waals surface area contributed by atoms with Gasteiger partial charge in [0, 0.05) is 12.2 Å². The molecule has 0 saturated heterocycles. The molecule has 0 fully saturated rings. The predicted octanol–water partition coefficient (Wildman–Crippen LogP) is 1.68. The van der Waals surface area contributed by atoms with Crippen LogP contribution in [0, 0.1) is 0 Å². The summed E-state index contributed by atoms with van der Waals surface area (Å²) in [5.74, 6) is -1.72. The number of unbranched alkanes of at least 4 members (excludes halogenated alkanes) is 10. The molecule has 0 aliphatic heterocycles. The first kappa shape index (κ1) is 30.8. The number of hydrogen-bond donors (Lipinski definition) is 1. The van der Waals surface area contributed by atoms with Gasteiger partial charge in [-0.25, -0.2) is 9.59 Å². The molecule has 1 atom stereocenters. The molecule has 0 radical (unpaired) electrons. The second-order valence-corrected chi connectivity index (χ2v) is 8.38. The maximum absolute atomic E-state index is 11.5. The van der Waals surface area contributed by atoms with Crippen LogP contribution in [0.25, 0.3) is 0 Å². The average molecular weight is 445 g/mol. The fourth-order valence-electron chi connectivity index (χ4n) is 2.65. The maximum Gasteiger partial charge on any atom is 1.00 e. The third kappa shape index (κ3) is 19.3. The van der Waals surface area contributed by atoms with Crippen LogP contribution in [0.15, 0.2) is 12.2 Å². The molecule has 1 N–H and O–H groups in total. The first-order chi connectivity index (χ1) is 13.3. The SMILES string of the molecule is CCCCCCCCCCCCCOC(=O)/C=C\C(=O)OC(CC)S(=O)(=O)O.[H-].[Na+]. The molecule has 0 spiro atoms. The smallest absolute Gasteiger partial charge is 1.00 e. The van der Waals surface area contributed by atoms with Crippen LogP contribution in [-0.4, -0.2) is 37.0 Å². The molecular formula is C20H37NaO7S. The second kappa shape index (κ2) is 19.5. The van der Waals surface area contributed by atoms with Crippen LogP contribution in [-0.2, 0) is 29.2 Å². The zero-order valence-electron chi connectivity index (χ0n) is 19.2. The number of esters is 2. The van der Waals surface area contributed by atoms with Crippen molar-refractivity contribution in [1.82, 2.24) is 0 Å². The van der Waals surface area contributed by atoms with Crippen molar-refractivity contribution in [3.05, 3.63) is 12.2 Å². The monoisotopic (exact) mass is 444 g/mol. The molecule has 0 aromatic carbocycles. The molecule has 7 nitrogen and oxygen atoms in total. The maximum atomic E-state index is 11.5. The van der Waals surface area contributed by atoms with E-state index in [-0.39, 0.29) is 44.0 Å². The largest absolute Gasteiger partial charge is 1.00 e. The van der Waals surface area contributed by atoms with E-state index in [2.05, 4.69) is 11.7 Å². The molecule has 0 bridgehead atoms. The van der Waals surface area contributed by atoms with Gasteiger partial charge in [0.2, 0.25) is 5.44 Å². The van der Waals surface area contributed by atoms with E-state index < -0.39 is 27.5 Å². The molecule has 29 heavy (non-hydrogen) atoms. The molecular weight excluding hydrogens is 407 g/mol. The van der Waals surface area contributed by atoms with Gasteiger partial charge in [-0.15, -0.1) is 0 Å². The van der Waals surface area contributed by atoms with Gasteiger partial charge in [0.25, 0.3) is 0 Å². The number of ether oxygens (including phenoxy) is 2. The first-order valence-corrected chi connectivity index (χ1v) is 11.8. The van der Waals surface area contributed by atoms with Gasteiger partial charge < -0.3 is 10.9 Å². The summed E-state index contributed by atoms with van der Waals surface area (Å²) in [6.45, 7) is 3.94. The van der Waals surface area contributed by atoms with Crippen molar-refractivity contribution in [3.63, 3.8) is 0 Å². The van der Waals surface area contributed by atoms with Gasteiger partial charge in [0.15, 0.2) is 0 Å². The predicted molar refractivity (Wildman–Crippen MR) is 109 cm³/mol. The fourth-order valence-corrected chi connectivity index (χ4v) is 3.28. The molecule has 0 saturated carbocycles. The Balaban J connectivity index is -0.00000364. The number of hydrogen-bond acceptors (Lipinski definition) is 6. The van der Waals surface area contributed by atoms with Crippen LogP contribution >= 0.6 is 0 Å². The van der Waals surface area contributed by atoms with Crippen LogP contribution in [0.3, 0.4) is 0 Å². The summed E-state index contributed by atoms with van der Waals surface area (Å²) in [6.07, 6.45) is 14.8. The Bertz CT molecular complexity index is 568. The molecule has 1 unspecified atom stereocenters. The van der Waals surface area contributed by atoms with Crippen molar-refractivity contribution < 1.29 is 63.0 Å². The van der Waals surface area contributed by atoms with Gasteiger partial charge >= 0.3 is 51.6 Å². The minimum absolute atomic E-state index is 0. The minimum Gasteiger partial charge on any atom is -1.00 e. The second-order valence-electron chi connectivity index (χ2n) is 6.83. The third-order valence-electron chi connectivity index (χ3n) is 4.26. The van der Waals surface area contributed by atoms with Crippen LogP contribution < -0.4 is 29.6 Å². The molecule has 0 aromatic heterocycles. The van der Waals surface area contributed by atoms with E-state index in [1.54, 1.807) is 0 Å². The van der Waals surface area contributed by atoms with Gasteiger partial charge in [-0.2, -0.15) is 8.42 Å². The van der Waals surface area contributed by atoms with E-state index >= 15 is 0 Å². The van der Waals surface area contributed by atoms with Gasteiger partial charge in [0.1, 0.15) is 0 Å². The Morgan fingerprint density at radius 2 is 1.31 bits per heavy atom. The average Bonchev–Trinajstić information content (AvgIpc) is 2.64. The van der Waals surface area contributed by atoms with Crippen LogP contribution in [0.2, 0.25) is 0 Å². The van der Waals surface area contributed by atoms with Gasteiger partial charge in [0.05, 0.1) is 6.61 Å². The van der Waals surface area contributed by atoms with Crippen LogP contribution in [0.1, 0.15) is 92.3 Å². The molecule has 166 valence electrons. The van der Waals surface area contributed by atoms with E-state index in [0.717, 1.165) is 31.4 Å². The van der Waals surface area contributed by atoms with Crippen molar-refractivity contribution >= 4 is 22.1 Å². The Hall–Kier alpha value is -0.410. The molecule has 9 heteroatoms. The van der Waals surface area contributed by atoms with Crippen LogP contribution in [0.4, 0.5) is 0 Å². The Labute approximate surface area is 199 Å². The topological polar surface area (TPSA) is 107 Å². The summed E-state index contributed by atoms with van der Waals surface area (Å²) in [5.41, 5.74) is -1.64. The van der Waals surface area contributed by atoms with Crippen molar-refractivity contribution in [1.29, 1.82) is 0 Å². The molecule has 0 aliphatic rings. The Morgan fingerprint density at radius 1 is 0.862 bits per heavy atom.